The van der Waals surface area contributed by atoms with E-state index >= 15 is 0 Å². The Bertz CT molecular complexity index is 99.1. The Morgan fingerprint density at radius 2 is 2.22 bits per heavy atom. The molecule has 0 saturated heterocycles. The van der Waals surface area contributed by atoms with Gasteiger partial charge in [-0.05, 0) is 24.2 Å². The lowest BCUT2D eigenvalue weighted by atomic mass is 9.94. The summed E-state index contributed by atoms with van der Waals surface area (Å²) in [6.45, 7) is 5.19. The smallest absolute Gasteiger partial charge is 0.0709 e. The lowest BCUT2D eigenvalue weighted by Gasteiger charge is -2.16. The summed E-state index contributed by atoms with van der Waals surface area (Å²) in [6.07, 6.45) is 2.69. The molecule has 2 nitrogen and oxygen atoms in total. The molecule has 0 aromatic carbocycles. The second-order valence-electron chi connectivity index (χ2n) is 3.39. The quantitative estimate of drug-likeness (QED) is 0.583. The maximum atomic E-state index is 4.95. The number of hydrogen-bond acceptors (Lipinski definition) is 2. The van der Waals surface area contributed by atoms with Gasteiger partial charge >= 0.3 is 0 Å². The Morgan fingerprint density at radius 3 is 2.56 bits per heavy atom. The van der Waals surface area contributed by atoms with Crippen molar-refractivity contribution in [2.24, 2.45) is 17.2 Å². The Morgan fingerprint density at radius 1 is 1.67 bits per heavy atom. The number of nitrogens with two attached hydrogens (primary N) is 1. The topological polar surface area (TPSA) is 35.2 Å². The van der Waals surface area contributed by atoms with Crippen LogP contribution in [0, 0.1) is 11.3 Å². The van der Waals surface area contributed by atoms with Crippen LogP contribution < -0.4 is 5.90 Å². The molecular formula is C7H15NO. The van der Waals surface area contributed by atoms with Crippen LogP contribution in [-0.4, -0.2) is 6.61 Å². The molecule has 0 spiro atoms. The van der Waals surface area contributed by atoms with Crippen LogP contribution in [0.3, 0.4) is 0 Å². The molecule has 1 saturated carbocycles. The van der Waals surface area contributed by atoms with Gasteiger partial charge in [-0.2, -0.15) is 0 Å². The summed E-state index contributed by atoms with van der Waals surface area (Å²) in [7, 11) is 0. The fraction of sp³-hybridized carbons (Fsp3) is 1.00. The van der Waals surface area contributed by atoms with Crippen molar-refractivity contribution < 1.29 is 4.84 Å². The van der Waals surface area contributed by atoms with Gasteiger partial charge in [0.15, 0.2) is 0 Å². The van der Waals surface area contributed by atoms with Gasteiger partial charge in [0, 0.05) is 0 Å². The van der Waals surface area contributed by atoms with Crippen LogP contribution in [0.2, 0.25) is 0 Å². The maximum absolute atomic E-state index is 4.95. The molecule has 0 amide bonds. The summed E-state index contributed by atoms with van der Waals surface area (Å²) < 4.78 is 0. The molecule has 0 radical (unpaired) electrons. The highest BCUT2D eigenvalue weighted by Gasteiger charge is 2.42. The summed E-state index contributed by atoms with van der Waals surface area (Å²) in [5.41, 5.74) is 0.555. The minimum absolute atomic E-state index is 0.555. The van der Waals surface area contributed by atoms with Crippen LogP contribution in [0.25, 0.3) is 0 Å². The standard InChI is InChI=1S/C7H15NO/c1-6(5-9-8)7(2)3-4-7/h6H,3-5,8H2,1-2H3. The predicted molar refractivity (Wildman–Crippen MR) is 36.6 cm³/mol. The normalized spacial score (nSPS) is 25.7. The second kappa shape index (κ2) is 2.27. The molecule has 1 aliphatic rings. The van der Waals surface area contributed by atoms with E-state index in [1.165, 1.54) is 12.8 Å². The largest absolute Gasteiger partial charge is 0.304 e. The highest BCUT2D eigenvalue weighted by atomic mass is 16.6. The van der Waals surface area contributed by atoms with Crippen LogP contribution in [0.5, 0.6) is 0 Å². The number of hydrogen-bond donors (Lipinski definition) is 1. The van der Waals surface area contributed by atoms with Crippen molar-refractivity contribution in [2.45, 2.75) is 26.7 Å². The van der Waals surface area contributed by atoms with Crippen LogP contribution >= 0.6 is 0 Å². The van der Waals surface area contributed by atoms with Crippen LogP contribution in [-0.2, 0) is 4.84 Å². The Hall–Kier alpha value is -0.0800. The fourth-order valence-corrected chi connectivity index (χ4v) is 1.04. The lowest BCUT2D eigenvalue weighted by molar-refractivity contribution is 0.0827. The molecular weight excluding hydrogens is 114 g/mol. The maximum Gasteiger partial charge on any atom is 0.0709 e. The van der Waals surface area contributed by atoms with Crippen molar-refractivity contribution >= 4 is 0 Å². The predicted octanol–water partition coefficient (Wildman–Crippen LogP) is 1.31. The summed E-state index contributed by atoms with van der Waals surface area (Å²) in [5, 5.41) is 0. The zero-order valence-electron chi connectivity index (χ0n) is 6.18. The van der Waals surface area contributed by atoms with Gasteiger partial charge in [0.05, 0.1) is 6.61 Å². The molecule has 0 aromatic heterocycles. The zero-order chi connectivity index (χ0) is 6.91. The van der Waals surface area contributed by atoms with Gasteiger partial charge in [0.25, 0.3) is 0 Å². The first-order chi connectivity index (χ1) is 4.19. The first kappa shape index (κ1) is 7.03. The molecule has 1 aliphatic carbocycles. The van der Waals surface area contributed by atoms with Gasteiger partial charge in [-0.25, -0.2) is 5.90 Å². The average Bonchev–Trinajstić information content (AvgIpc) is 2.50. The van der Waals surface area contributed by atoms with Crippen molar-refractivity contribution in [3.8, 4) is 0 Å². The summed E-state index contributed by atoms with van der Waals surface area (Å²) in [4.78, 5) is 4.57. The Labute approximate surface area is 56.3 Å². The Balaban J connectivity index is 2.24. The van der Waals surface area contributed by atoms with E-state index in [2.05, 4.69) is 18.7 Å². The molecule has 1 rings (SSSR count). The van der Waals surface area contributed by atoms with Crippen molar-refractivity contribution in [2.75, 3.05) is 6.61 Å². The van der Waals surface area contributed by atoms with E-state index in [9.17, 15) is 0 Å². The average molecular weight is 129 g/mol. The van der Waals surface area contributed by atoms with Crippen LogP contribution in [0.4, 0.5) is 0 Å². The van der Waals surface area contributed by atoms with Crippen molar-refractivity contribution in [3.63, 3.8) is 0 Å². The van der Waals surface area contributed by atoms with E-state index in [0.717, 1.165) is 0 Å². The van der Waals surface area contributed by atoms with Crippen LogP contribution in [0.1, 0.15) is 26.7 Å². The van der Waals surface area contributed by atoms with E-state index in [-0.39, 0.29) is 0 Å². The Kier molecular flexibility index (Phi) is 1.78. The van der Waals surface area contributed by atoms with Gasteiger partial charge < -0.3 is 4.84 Å². The van der Waals surface area contributed by atoms with E-state index < -0.39 is 0 Å². The highest BCUT2D eigenvalue weighted by Crippen LogP contribution is 2.51. The highest BCUT2D eigenvalue weighted by molar-refractivity contribution is 4.92. The first-order valence-corrected chi connectivity index (χ1v) is 3.51. The SMILES string of the molecule is CC(CON)C1(C)CC1. The van der Waals surface area contributed by atoms with Crippen molar-refractivity contribution in [1.82, 2.24) is 0 Å². The summed E-state index contributed by atoms with van der Waals surface area (Å²) in [6, 6.07) is 0. The van der Waals surface area contributed by atoms with E-state index in [1.54, 1.807) is 0 Å². The molecule has 54 valence electrons. The minimum atomic E-state index is 0.555. The molecule has 0 bridgehead atoms. The summed E-state index contributed by atoms with van der Waals surface area (Å²) >= 11 is 0. The fourth-order valence-electron chi connectivity index (χ4n) is 1.04. The third-order valence-electron chi connectivity index (χ3n) is 2.57. The summed E-state index contributed by atoms with van der Waals surface area (Å²) in [5.74, 6) is 5.58. The van der Waals surface area contributed by atoms with Gasteiger partial charge in [0.1, 0.15) is 0 Å². The van der Waals surface area contributed by atoms with E-state index in [4.69, 9.17) is 5.90 Å². The third kappa shape index (κ3) is 1.43. The van der Waals surface area contributed by atoms with E-state index in [1.807, 2.05) is 0 Å². The number of rotatable bonds is 3. The van der Waals surface area contributed by atoms with Crippen molar-refractivity contribution in [1.29, 1.82) is 0 Å². The first-order valence-electron chi connectivity index (χ1n) is 3.51. The molecule has 2 heteroatoms. The second-order valence-corrected chi connectivity index (χ2v) is 3.39. The van der Waals surface area contributed by atoms with Crippen LogP contribution in [0.15, 0.2) is 0 Å². The van der Waals surface area contributed by atoms with Gasteiger partial charge in [-0.15, -0.1) is 0 Å². The molecule has 2 N–H and O–H groups in total. The monoisotopic (exact) mass is 129 g/mol. The molecule has 9 heavy (non-hydrogen) atoms. The van der Waals surface area contributed by atoms with Crippen molar-refractivity contribution in [3.05, 3.63) is 0 Å². The molecule has 1 unspecified atom stereocenters. The molecule has 0 aliphatic heterocycles. The molecule has 1 fully saturated rings. The lowest BCUT2D eigenvalue weighted by Crippen LogP contribution is -2.17. The molecule has 1 atom stereocenters. The minimum Gasteiger partial charge on any atom is -0.304 e. The molecule has 0 heterocycles. The van der Waals surface area contributed by atoms with Gasteiger partial charge in [-0.3, -0.25) is 0 Å². The third-order valence-corrected chi connectivity index (χ3v) is 2.57. The van der Waals surface area contributed by atoms with Gasteiger partial charge in [0.2, 0.25) is 0 Å². The zero-order valence-corrected chi connectivity index (χ0v) is 6.18. The van der Waals surface area contributed by atoms with E-state index in [0.29, 0.717) is 17.9 Å². The molecule has 0 aromatic rings. The van der Waals surface area contributed by atoms with Gasteiger partial charge in [-0.1, -0.05) is 13.8 Å².